The molecule has 8 nitrogen and oxygen atoms in total. The van der Waals surface area contributed by atoms with Crippen LogP contribution in [0.15, 0.2) is 0 Å². The van der Waals surface area contributed by atoms with Gasteiger partial charge in [-0.2, -0.15) is 0 Å². The second-order valence-electron chi connectivity index (χ2n) is 3.75. The number of carbonyl (C=O) groups excluding carboxylic acids is 1. The zero-order valence-electron chi connectivity index (χ0n) is 9.41. The van der Waals surface area contributed by atoms with E-state index in [0.29, 0.717) is 6.54 Å². The van der Waals surface area contributed by atoms with Crippen molar-refractivity contribution in [1.29, 1.82) is 0 Å². The molecule has 0 spiro atoms. The van der Waals surface area contributed by atoms with Crippen molar-refractivity contribution in [2.24, 2.45) is 0 Å². The van der Waals surface area contributed by atoms with Gasteiger partial charge in [0.15, 0.2) is 6.23 Å². The summed E-state index contributed by atoms with van der Waals surface area (Å²) in [5.74, 6) is 0. The number of amides is 2. The second kappa shape index (κ2) is 6.12. The Labute approximate surface area is 98.2 Å². The molecule has 17 heavy (non-hydrogen) atoms. The summed E-state index contributed by atoms with van der Waals surface area (Å²) < 4.78 is 5.07. The Kier molecular flexibility index (Phi) is 5.09. The van der Waals surface area contributed by atoms with Crippen molar-refractivity contribution in [2.45, 2.75) is 37.6 Å². The van der Waals surface area contributed by atoms with Crippen LogP contribution in [0.2, 0.25) is 0 Å². The standard InChI is InChI=1S/C9H18N2O6/c1-2-10-9(16)11-8-7(15)6(14)5(13)4(3-12)17-8/h4-8,12-15H,2-3H2,1H3,(H2,10,11,16)/t4-,5-,6+,7-,8?/m1/s1. The van der Waals surface area contributed by atoms with Crippen molar-refractivity contribution in [3.8, 4) is 0 Å². The van der Waals surface area contributed by atoms with Crippen LogP contribution >= 0.6 is 0 Å². The summed E-state index contributed by atoms with van der Waals surface area (Å²) in [5, 5.41) is 42.1. The van der Waals surface area contributed by atoms with Crippen molar-refractivity contribution >= 4 is 6.03 Å². The van der Waals surface area contributed by atoms with Crippen LogP contribution < -0.4 is 10.6 Å². The molecule has 1 unspecified atom stereocenters. The number of rotatable bonds is 3. The first kappa shape index (κ1) is 14.1. The van der Waals surface area contributed by atoms with Crippen molar-refractivity contribution in [2.75, 3.05) is 13.2 Å². The third-order valence-corrected chi connectivity index (χ3v) is 2.50. The molecule has 1 aliphatic heterocycles. The maximum absolute atomic E-state index is 11.2. The number of urea groups is 1. The molecule has 1 rings (SSSR count). The normalized spacial score (nSPS) is 37.6. The first-order chi connectivity index (χ1) is 8.01. The SMILES string of the molecule is CCNC(=O)NC1O[C@H](CO)[C@@H](O)[C@H](O)[C@H]1O. The highest BCUT2D eigenvalue weighted by atomic mass is 16.6. The molecule has 1 aliphatic rings. The van der Waals surface area contributed by atoms with Crippen LogP contribution in [0, 0.1) is 0 Å². The van der Waals surface area contributed by atoms with Crippen molar-refractivity contribution in [3.05, 3.63) is 0 Å². The van der Waals surface area contributed by atoms with Crippen LogP contribution in [0.4, 0.5) is 4.79 Å². The average Bonchev–Trinajstić information content (AvgIpc) is 2.30. The van der Waals surface area contributed by atoms with Gasteiger partial charge in [-0.25, -0.2) is 4.79 Å². The third kappa shape index (κ3) is 3.27. The van der Waals surface area contributed by atoms with Gasteiger partial charge in [-0.3, -0.25) is 0 Å². The molecular formula is C9H18N2O6. The van der Waals surface area contributed by atoms with E-state index in [1.54, 1.807) is 6.92 Å². The summed E-state index contributed by atoms with van der Waals surface area (Å²) in [6.45, 7) is 1.58. The van der Waals surface area contributed by atoms with Gasteiger partial charge in [-0.15, -0.1) is 0 Å². The number of carbonyl (C=O) groups is 1. The fraction of sp³-hybridized carbons (Fsp3) is 0.889. The van der Waals surface area contributed by atoms with Gasteiger partial charge in [-0.05, 0) is 6.92 Å². The van der Waals surface area contributed by atoms with Gasteiger partial charge in [-0.1, -0.05) is 0 Å². The van der Waals surface area contributed by atoms with E-state index in [1.165, 1.54) is 0 Å². The predicted molar refractivity (Wildman–Crippen MR) is 56.0 cm³/mol. The van der Waals surface area contributed by atoms with E-state index >= 15 is 0 Å². The predicted octanol–water partition coefficient (Wildman–Crippen LogP) is -2.89. The van der Waals surface area contributed by atoms with Crippen LogP contribution in [0.5, 0.6) is 0 Å². The zero-order valence-corrected chi connectivity index (χ0v) is 9.41. The van der Waals surface area contributed by atoms with Crippen molar-refractivity contribution < 1.29 is 30.0 Å². The summed E-state index contributed by atoms with van der Waals surface area (Å²) in [6.07, 6.45) is -6.59. The lowest BCUT2D eigenvalue weighted by Gasteiger charge is -2.39. The molecular weight excluding hydrogens is 232 g/mol. The Hall–Kier alpha value is -0.930. The van der Waals surface area contributed by atoms with Gasteiger partial charge >= 0.3 is 6.03 Å². The van der Waals surface area contributed by atoms with E-state index in [0.717, 1.165) is 0 Å². The second-order valence-corrected chi connectivity index (χ2v) is 3.75. The minimum atomic E-state index is -1.49. The Balaban J connectivity index is 2.62. The number of aliphatic hydroxyl groups excluding tert-OH is 4. The number of ether oxygens (including phenoxy) is 1. The lowest BCUT2D eigenvalue weighted by molar-refractivity contribution is -0.233. The van der Waals surface area contributed by atoms with E-state index in [2.05, 4.69) is 10.6 Å². The third-order valence-electron chi connectivity index (χ3n) is 2.50. The van der Waals surface area contributed by atoms with E-state index in [1.807, 2.05) is 0 Å². The van der Waals surface area contributed by atoms with Crippen LogP contribution in [-0.4, -0.2) is 70.3 Å². The molecule has 5 atom stereocenters. The lowest BCUT2D eigenvalue weighted by Crippen LogP contribution is -2.64. The molecule has 1 saturated heterocycles. The van der Waals surface area contributed by atoms with Gasteiger partial charge in [0.25, 0.3) is 0 Å². The topological polar surface area (TPSA) is 131 Å². The van der Waals surface area contributed by atoms with E-state index < -0.39 is 43.3 Å². The van der Waals surface area contributed by atoms with Crippen LogP contribution in [0.3, 0.4) is 0 Å². The highest BCUT2D eigenvalue weighted by molar-refractivity contribution is 5.74. The molecule has 0 aromatic carbocycles. The Morgan fingerprint density at radius 3 is 2.41 bits per heavy atom. The van der Waals surface area contributed by atoms with Crippen LogP contribution in [0.1, 0.15) is 6.92 Å². The monoisotopic (exact) mass is 250 g/mol. The molecule has 1 heterocycles. The van der Waals surface area contributed by atoms with Gasteiger partial charge in [0.1, 0.15) is 24.4 Å². The average molecular weight is 250 g/mol. The van der Waals surface area contributed by atoms with Gasteiger partial charge in [0.2, 0.25) is 0 Å². The molecule has 8 heteroatoms. The molecule has 0 aromatic rings. The smallest absolute Gasteiger partial charge is 0.316 e. The zero-order chi connectivity index (χ0) is 13.0. The molecule has 2 amide bonds. The largest absolute Gasteiger partial charge is 0.394 e. The highest BCUT2D eigenvalue weighted by Crippen LogP contribution is 2.19. The molecule has 0 aromatic heterocycles. The first-order valence-corrected chi connectivity index (χ1v) is 5.36. The molecule has 100 valence electrons. The van der Waals surface area contributed by atoms with Crippen molar-refractivity contribution in [1.82, 2.24) is 10.6 Å². The summed E-state index contributed by atoms with van der Waals surface area (Å²) in [4.78, 5) is 11.2. The quantitative estimate of drug-likeness (QED) is 0.318. The summed E-state index contributed by atoms with van der Waals surface area (Å²) >= 11 is 0. The summed E-state index contributed by atoms with van der Waals surface area (Å²) in [7, 11) is 0. The summed E-state index contributed by atoms with van der Waals surface area (Å²) in [6, 6.07) is -0.572. The maximum atomic E-state index is 11.2. The molecule has 0 aliphatic carbocycles. The van der Waals surface area contributed by atoms with Gasteiger partial charge < -0.3 is 35.8 Å². The Morgan fingerprint density at radius 1 is 1.24 bits per heavy atom. The molecule has 0 bridgehead atoms. The molecule has 0 radical (unpaired) electrons. The fourth-order valence-electron chi connectivity index (χ4n) is 1.56. The Bertz CT molecular complexity index is 262. The Morgan fingerprint density at radius 2 is 1.88 bits per heavy atom. The van der Waals surface area contributed by atoms with Crippen LogP contribution in [0.25, 0.3) is 0 Å². The molecule has 0 saturated carbocycles. The number of nitrogens with one attached hydrogen (secondary N) is 2. The van der Waals surface area contributed by atoms with Crippen molar-refractivity contribution in [3.63, 3.8) is 0 Å². The lowest BCUT2D eigenvalue weighted by atomic mass is 9.98. The first-order valence-electron chi connectivity index (χ1n) is 5.36. The van der Waals surface area contributed by atoms with E-state index in [4.69, 9.17) is 9.84 Å². The fourth-order valence-corrected chi connectivity index (χ4v) is 1.56. The van der Waals surface area contributed by atoms with E-state index in [-0.39, 0.29) is 0 Å². The van der Waals surface area contributed by atoms with Gasteiger partial charge in [0.05, 0.1) is 6.61 Å². The van der Waals surface area contributed by atoms with Crippen LogP contribution in [-0.2, 0) is 4.74 Å². The van der Waals surface area contributed by atoms with Gasteiger partial charge in [0, 0.05) is 6.54 Å². The van der Waals surface area contributed by atoms with E-state index in [9.17, 15) is 20.1 Å². The number of hydrogen-bond donors (Lipinski definition) is 6. The highest BCUT2D eigenvalue weighted by Gasteiger charge is 2.43. The molecule has 6 N–H and O–H groups in total. The summed E-state index contributed by atoms with van der Waals surface area (Å²) in [5.41, 5.74) is 0. The molecule has 1 fully saturated rings. The maximum Gasteiger partial charge on any atom is 0.316 e. The number of aliphatic hydroxyl groups is 4. The minimum Gasteiger partial charge on any atom is -0.394 e. The minimum absolute atomic E-state index is 0.392. The number of hydrogen-bond acceptors (Lipinski definition) is 6.